The summed E-state index contributed by atoms with van der Waals surface area (Å²) in [4.78, 5) is 18.2. The van der Waals surface area contributed by atoms with Crippen LogP contribution in [0.1, 0.15) is 10.4 Å². The second-order valence-corrected chi connectivity index (χ2v) is 8.69. The Bertz CT molecular complexity index is 1080. The number of carbonyl (C=O) groups excluding carboxylic acids is 1. The van der Waals surface area contributed by atoms with Crippen molar-refractivity contribution in [3.8, 4) is 15.6 Å². The summed E-state index contributed by atoms with van der Waals surface area (Å²) < 4.78 is 2.03. The molecule has 1 amide bonds. The molecule has 1 aromatic carbocycles. The molecule has 1 aliphatic rings. The highest BCUT2D eigenvalue weighted by molar-refractivity contribution is 7.22. The van der Waals surface area contributed by atoms with E-state index in [-0.39, 0.29) is 5.91 Å². The third-order valence-electron chi connectivity index (χ3n) is 5.00. The van der Waals surface area contributed by atoms with Crippen molar-refractivity contribution in [1.29, 1.82) is 0 Å². The summed E-state index contributed by atoms with van der Waals surface area (Å²) in [7, 11) is 0. The van der Waals surface area contributed by atoms with Crippen molar-refractivity contribution < 1.29 is 4.79 Å². The van der Waals surface area contributed by atoms with Gasteiger partial charge in [0.05, 0.1) is 4.88 Å². The summed E-state index contributed by atoms with van der Waals surface area (Å²) in [5, 5.41) is 12.6. The van der Waals surface area contributed by atoms with Crippen molar-refractivity contribution in [3.05, 3.63) is 71.9 Å². The van der Waals surface area contributed by atoms with E-state index in [0.29, 0.717) is 13.1 Å². The van der Waals surface area contributed by atoms with Gasteiger partial charge in [-0.3, -0.25) is 4.79 Å². The fourth-order valence-electron chi connectivity index (χ4n) is 3.41. The molecule has 4 aromatic rings. The summed E-state index contributed by atoms with van der Waals surface area (Å²) in [5.41, 5.74) is 1.78. The fourth-order valence-corrected chi connectivity index (χ4v) is 5.10. The Morgan fingerprint density at radius 1 is 0.897 bits per heavy atom. The molecule has 1 aliphatic heterocycles. The molecular formula is C21H19N5OS2. The molecule has 0 saturated carbocycles. The maximum absolute atomic E-state index is 12.9. The molecular weight excluding hydrogens is 402 g/mol. The largest absolute Gasteiger partial charge is 0.343 e. The predicted molar refractivity (Wildman–Crippen MR) is 117 cm³/mol. The molecule has 0 atom stereocenters. The molecule has 5 rings (SSSR count). The minimum absolute atomic E-state index is 0.0836. The van der Waals surface area contributed by atoms with E-state index in [1.807, 2.05) is 69.7 Å². The first-order chi connectivity index (χ1) is 14.3. The van der Waals surface area contributed by atoms with E-state index in [2.05, 4.69) is 21.2 Å². The molecule has 1 fully saturated rings. The molecule has 6 nitrogen and oxygen atoms in total. The van der Waals surface area contributed by atoms with Crippen molar-refractivity contribution >= 4 is 33.7 Å². The van der Waals surface area contributed by atoms with Crippen LogP contribution in [0.25, 0.3) is 15.6 Å². The molecule has 146 valence electrons. The van der Waals surface area contributed by atoms with Crippen LogP contribution in [0.5, 0.6) is 0 Å². The van der Waals surface area contributed by atoms with Gasteiger partial charge in [0.15, 0.2) is 5.01 Å². The van der Waals surface area contributed by atoms with Crippen LogP contribution in [-0.4, -0.2) is 51.8 Å². The predicted octanol–water partition coefficient (Wildman–Crippen LogP) is 4.02. The maximum atomic E-state index is 12.9. The van der Waals surface area contributed by atoms with Crippen LogP contribution in [0.2, 0.25) is 0 Å². The SMILES string of the molecule is O=C(c1ccc(-n2cccc2)cc1)N1CCN(c2nnc(-c3cccs3)s2)CC1. The topological polar surface area (TPSA) is 54.3 Å². The molecule has 0 unspecified atom stereocenters. The lowest BCUT2D eigenvalue weighted by molar-refractivity contribution is 0.0747. The number of nitrogens with zero attached hydrogens (tertiary/aromatic N) is 5. The zero-order valence-electron chi connectivity index (χ0n) is 15.6. The Balaban J connectivity index is 1.22. The van der Waals surface area contributed by atoms with Gasteiger partial charge in [0, 0.05) is 49.8 Å². The summed E-state index contributed by atoms with van der Waals surface area (Å²) in [6.45, 7) is 2.91. The number of aromatic nitrogens is 3. The number of rotatable bonds is 4. The molecule has 29 heavy (non-hydrogen) atoms. The van der Waals surface area contributed by atoms with Crippen molar-refractivity contribution in [3.63, 3.8) is 0 Å². The number of hydrogen-bond donors (Lipinski definition) is 0. The van der Waals surface area contributed by atoms with Gasteiger partial charge in [-0.05, 0) is 47.8 Å². The summed E-state index contributed by atoms with van der Waals surface area (Å²) in [6, 6.07) is 15.8. The van der Waals surface area contributed by atoms with Gasteiger partial charge in [0.2, 0.25) is 5.13 Å². The van der Waals surface area contributed by atoms with Gasteiger partial charge in [-0.1, -0.05) is 17.4 Å². The Kier molecular flexibility index (Phi) is 4.87. The molecule has 0 spiro atoms. The van der Waals surface area contributed by atoms with Gasteiger partial charge in [-0.25, -0.2) is 0 Å². The first-order valence-corrected chi connectivity index (χ1v) is 11.1. The van der Waals surface area contributed by atoms with Gasteiger partial charge in [-0.15, -0.1) is 21.5 Å². The van der Waals surface area contributed by atoms with Gasteiger partial charge in [0.1, 0.15) is 0 Å². The second-order valence-electron chi connectivity index (χ2n) is 6.78. The second kappa shape index (κ2) is 7.81. The molecule has 0 aliphatic carbocycles. The molecule has 0 radical (unpaired) electrons. The maximum Gasteiger partial charge on any atom is 0.253 e. The zero-order valence-corrected chi connectivity index (χ0v) is 17.3. The highest BCUT2D eigenvalue weighted by atomic mass is 32.1. The zero-order chi connectivity index (χ0) is 19.6. The lowest BCUT2D eigenvalue weighted by Crippen LogP contribution is -2.48. The van der Waals surface area contributed by atoms with Gasteiger partial charge >= 0.3 is 0 Å². The van der Waals surface area contributed by atoms with E-state index in [9.17, 15) is 4.79 Å². The van der Waals surface area contributed by atoms with Crippen molar-refractivity contribution in [1.82, 2.24) is 19.7 Å². The third-order valence-corrected chi connectivity index (χ3v) is 7.02. The van der Waals surface area contributed by atoms with Crippen molar-refractivity contribution in [2.75, 3.05) is 31.1 Å². The average Bonchev–Trinajstić information content (AvgIpc) is 3.55. The lowest BCUT2D eigenvalue weighted by atomic mass is 10.1. The Labute approximate surface area is 176 Å². The lowest BCUT2D eigenvalue weighted by Gasteiger charge is -2.34. The van der Waals surface area contributed by atoms with Gasteiger partial charge < -0.3 is 14.4 Å². The summed E-state index contributed by atoms with van der Waals surface area (Å²) in [6.07, 6.45) is 3.99. The molecule has 1 saturated heterocycles. The standard InChI is InChI=1S/C21H19N5OS2/c27-20(16-5-7-17(8-6-16)24-9-1-2-10-24)25-11-13-26(14-12-25)21-23-22-19(29-21)18-4-3-15-28-18/h1-10,15H,11-14H2. The normalized spacial score (nSPS) is 14.3. The molecule has 0 bridgehead atoms. The van der Waals surface area contributed by atoms with Crippen LogP contribution in [0.3, 0.4) is 0 Å². The minimum atomic E-state index is 0.0836. The third kappa shape index (κ3) is 3.68. The quantitative estimate of drug-likeness (QED) is 0.499. The summed E-state index contributed by atoms with van der Waals surface area (Å²) >= 11 is 3.28. The Morgan fingerprint density at radius 3 is 2.34 bits per heavy atom. The van der Waals surface area contributed by atoms with Crippen LogP contribution in [0, 0.1) is 0 Å². The smallest absolute Gasteiger partial charge is 0.253 e. The number of thiophene rings is 1. The molecule has 8 heteroatoms. The van der Waals surface area contributed by atoms with E-state index < -0.39 is 0 Å². The first-order valence-electron chi connectivity index (χ1n) is 9.43. The number of anilines is 1. The molecule has 3 aromatic heterocycles. The van der Waals surface area contributed by atoms with Crippen LogP contribution in [0.15, 0.2) is 66.3 Å². The number of hydrogen-bond acceptors (Lipinski definition) is 6. The van der Waals surface area contributed by atoms with Gasteiger partial charge in [-0.2, -0.15) is 0 Å². The van der Waals surface area contributed by atoms with E-state index >= 15 is 0 Å². The average molecular weight is 422 g/mol. The highest BCUT2D eigenvalue weighted by Crippen LogP contribution is 2.31. The van der Waals surface area contributed by atoms with Crippen molar-refractivity contribution in [2.45, 2.75) is 0 Å². The minimum Gasteiger partial charge on any atom is -0.343 e. The van der Waals surface area contributed by atoms with Crippen molar-refractivity contribution in [2.24, 2.45) is 0 Å². The Morgan fingerprint density at radius 2 is 1.66 bits per heavy atom. The van der Waals surface area contributed by atoms with E-state index in [4.69, 9.17) is 0 Å². The van der Waals surface area contributed by atoms with Gasteiger partial charge in [0.25, 0.3) is 5.91 Å². The first kappa shape index (κ1) is 18.1. The highest BCUT2D eigenvalue weighted by Gasteiger charge is 2.24. The molecule has 4 heterocycles. The van der Waals surface area contributed by atoms with Crippen LogP contribution >= 0.6 is 22.7 Å². The number of carbonyl (C=O) groups is 1. The number of benzene rings is 1. The summed E-state index contributed by atoms with van der Waals surface area (Å²) in [5.74, 6) is 0.0836. The van der Waals surface area contributed by atoms with Crippen LogP contribution in [0.4, 0.5) is 5.13 Å². The number of piperazine rings is 1. The monoisotopic (exact) mass is 421 g/mol. The van der Waals surface area contributed by atoms with E-state index in [0.717, 1.165) is 39.4 Å². The Hall–Kier alpha value is -2.97. The van der Waals surface area contributed by atoms with E-state index in [1.54, 1.807) is 22.7 Å². The van der Waals surface area contributed by atoms with E-state index in [1.165, 1.54) is 0 Å². The number of amides is 1. The van der Waals surface area contributed by atoms with Crippen LogP contribution < -0.4 is 4.90 Å². The molecule has 0 N–H and O–H groups in total. The fraction of sp³-hybridized carbons (Fsp3) is 0.190. The van der Waals surface area contributed by atoms with Crippen LogP contribution in [-0.2, 0) is 0 Å².